The lowest BCUT2D eigenvalue weighted by atomic mass is 9.98. The van der Waals surface area contributed by atoms with Gasteiger partial charge in [-0.3, -0.25) is 9.59 Å². The van der Waals surface area contributed by atoms with E-state index in [1.165, 1.54) is 34.0 Å². The van der Waals surface area contributed by atoms with E-state index in [9.17, 15) is 9.59 Å². The number of halogens is 1. The minimum Gasteiger partial charge on any atom is -0.465 e. The molecular weight excluding hydrogens is 488 g/mol. The van der Waals surface area contributed by atoms with Gasteiger partial charge in [-0.2, -0.15) is 0 Å². The summed E-state index contributed by atoms with van der Waals surface area (Å²) in [4.78, 5) is 26.0. The third kappa shape index (κ3) is 4.97. The van der Waals surface area contributed by atoms with Crippen LogP contribution in [0, 0.1) is 6.92 Å². The number of esters is 1. The number of benzene rings is 4. The zero-order valence-electron chi connectivity index (χ0n) is 19.9. The fourth-order valence-corrected chi connectivity index (χ4v) is 6.26. The van der Waals surface area contributed by atoms with Crippen molar-refractivity contribution in [3.63, 3.8) is 0 Å². The Kier molecular flexibility index (Phi) is 7.26. The highest BCUT2D eigenvalue weighted by molar-refractivity contribution is 7.99. The maximum Gasteiger partial charge on any atom is 0.306 e. The molecule has 0 N–H and O–H groups in total. The Morgan fingerprint density at radius 3 is 2.28 bits per heavy atom. The van der Waals surface area contributed by atoms with Gasteiger partial charge in [0, 0.05) is 27.7 Å². The van der Waals surface area contributed by atoms with Crippen molar-refractivity contribution in [1.29, 1.82) is 0 Å². The zero-order valence-corrected chi connectivity index (χ0v) is 21.4. The molecule has 4 aromatic rings. The van der Waals surface area contributed by atoms with E-state index < -0.39 is 0 Å². The normalized spacial score (nSPS) is 12.2. The smallest absolute Gasteiger partial charge is 0.306 e. The molecule has 4 aromatic carbocycles. The molecule has 0 aromatic heterocycles. The molecule has 180 valence electrons. The molecule has 5 heteroatoms. The second-order valence-electron chi connectivity index (χ2n) is 8.90. The molecule has 0 fully saturated rings. The summed E-state index contributed by atoms with van der Waals surface area (Å²) in [7, 11) is 0. The van der Waals surface area contributed by atoms with Gasteiger partial charge in [-0.15, -0.1) is 0 Å². The molecule has 36 heavy (non-hydrogen) atoms. The summed E-state index contributed by atoms with van der Waals surface area (Å²) in [5.74, 6) is -0.195. The van der Waals surface area contributed by atoms with E-state index in [-0.39, 0.29) is 18.3 Å². The number of fused-ring (bicyclic) bond motifs is 3. The van der Waals surface area contributed by atoms with Crippen molar-refractivity contribution in [3.8, 4) is 11.1 Å². The van der Waals surface area contributed by atoms with E-state index in [1.807, 2.05) is 55.5 Å². The van der Waals surface area contributed by atoms with Crippen molar-refractivity contribution in [2.75, 3.05) is 6.61 Å². The van der Waals surface area contributed by atoms with Crippen molar-refractivity contribution in [2.45, 2.75) is 35.5 Å². The quantitative estimate of drug-likeness (QED) is 0.178. The first kappa shape index (κ1) is 24.4. The number of aldehydes is 1. The van der Waals surface area contributed by atoms with Gasteiger partial charge in [-0.25, -0.2) is 0 Å². The SMILES string of the molecule is Cc1cc(Cl)c(Sc2ccccc2C=O)c(CCC(=O)OCC2c3ccccc3-c3ccccc32)c1. The maximum atomic E-state index is 12.8. The van der Waals surface area contributed by atoms with Crippen molar-refractivity contribution in [3.05, 3.63) is 118 Å². The van der Waals surface area contributed by atoms with E-state index in [0.717, 1.165) is 27.2 Å². The van der Waals surface area contributed by atoms with Gasteiger partial charge in [-0.05, 0) is 58.9 Å². The molecule has 0 aliphatic heterocycles. The highest BCUT2D eigenvalue weighted by Crippen LogP contribution is 2.44. The Balaban J connectivity index is 1.29. The van der Waals surface area contributed by atoms with Crippen LogP contribution in [0.1, 0.15) is 45.0 Å². The van der Waals surface area contributed by atoms with E-state index >= 15 is 0 Å². The second kappa shape index (κ2) is 10.7. The van der Waals surface area contributed by atoms with Crippen LogP contribution in [0.5, 0.6) is 0 Å². The summed E-state index contributed by atoms with van der Waals surface area (Å²) < 4.78 is 5.79. The van der Waals surface area contributed by atoms with Gasteiger partial charge in [0.1, 0.15) is 6.61 Å². The molecule has 0 heterocycles. The van der Waals surface area contributed by atoms with E-state index in [0.29, 0.717) is 23.6 Å². The monoisotopic (exact) mass is 512 g/mol. The number of rotatable bonds is 8. The first-order chi connectivity index (χ1) is 17.5. The van der Waals surface area contributed by atoms with Gasteiger partial charge in [0.05, 0.1) is 5.02 Å². The standard InChI is InChI=1S/C31H25ClO3S/c1-20-16-21(31(28(32)17-20)36-29-13-7-2-8-22(29)18-33)14-15-30(34)35-19-27-25-11-5-3-9-23(25)24-10-4-6-12-26(24)27/h2-13,16-18,27H,14-15,19H2,1H3. The minimum atomic E-state index is -0.237. The van der Waals surface area contributed by atoms with Crippen LogP contribution < -0.4 is 0 Å². The fraction of sp³-hybridized carbons (Fsp3) is 0.161. The van der Waals surface area contributed by atoms with E-state index in [4.69, 9.17) is 16.3 Å². The van der Waals surface area contributed by atoms with Crippen LogP contribution in [0.2, 0.25) is 5.02 Å². The highest BCUT2D eigenvalue weighted by Gasteiger charge is 2.29. The molecule has 1 aliphatic rings. The van der Waals surface area contributed by atoms with Gasteiger partial charge in [0.15, 0.2) is 6.29 Å². The van der Waals surface area contributed by atoms with Crippen LogP contribution in [0.4, 0.5) is 0 Å². The molecule has 0 unspecified atom stereocenters. The molecule has 0 amide bonds. The van der Waals surface area contributed by atoms with Crippen LogP contribution in [-0.2, 0) is 16.0 Å². The predicted molar refractivity (Wildman–Crippen MR) is 145 cm³/mol. The van der Waals surface area contributed by atoms with Crippen molar-refractivity contribution < 1.29 is 14.3 Å². The van der Waals surface area contributed by atoms with Crippen LogP contribution in [0.15, 0.2) is 94.7 Å². The molecule has 0 bridgehead atoms. The Labute approximate surface area is 220 Å². The third-order valence-corrected chi connectivity index (χ3v) is 8.18. The number of aryl methyl sites for hydroxylation is 2. The summed E-state index contributed by atoms with van der Waals surface area (Å²) in [6.45, 7) is 2.30. The maximum absolute atomic E-state index is 12.8. The van der Waals surface area contributed by atoms with Gasteiger partial charge < -0.3 is 4.74 Å². The lowest BCUT2D eigenvalue weighted by molar-refractivity contribution is -0.143. The topological polar surface area (TPSA) is 43.4 Å². The number of hydrogen-bond acceptors (Lipinski definition) is 4. The van der Waals surface area contributed by atoms with Crippen LogP contribution in [-0.4, -0.2) is 18.9 Å². The van der Waals surface area contributed by atoms with Crippen LogP contribution >= 0.6 is 23.4 Å². The van der Waals surface area contributed by atoms with Crippen molar-refractivity contribution in [1.82, 2.24) is 0 Å². The number of carbonyl (C=O) groups is 2. The summed E-state index contributed by atoms with van der Waals surface area (Å²) >= 11 is 8.07. The molecule has 5 rings (SSSR count). The second-order valence-corrected chi connectivity index (χ2v) is 10.4. The number of ether oxygens (including phenoxy) is 1. The summed E-state index contributed by atoms with van der Waals surface area (Å²) in [5, 5.41) is 0.614. The molecule has 0 atom stereocenters. The molecule has 0 saturated heterocycles. The zero-order chi connectivity index (χ0) is 25.1. The van der Waals surface area contributed by atoms with Gasteiger partial charge >= 0.3 is 5.97 Å². The first-order valence-corrected chi connectivity index (χ1v) is 13.1. The van der Waals surface area contributed by atoms with Gasteiger partial charge in [0.25, 0.3) is 0 Å². The molecular formula is C31H25ClO3S. The Bertz CT molecular complexity index is 1400. The third-order valence-electron chi connectivity index (χ3n) is 6.49. The first-order valence-electron chi connectivity index (χ1n) is 11.9. The Morgan fingerprint density at radius 1 is 0.944 bits per heavy atom. The largest absolute Gasteiger partial charge is 0.465 e. The van der Waals surface area contributed by atoms with Crippen LogP contribution in [0.25, 0.3) is 11.1 Å². The Hall–Kier alpha value is -3.34. The molecule has 3 nitrogen and oxygen atoms in total. The van der Waals surface area contributed by atoms with Gasteiger partial charge in [0.2, 0.25) is 0 Å². The average Bonchev–Trinajstić information content (AvgIpc) is 3.22. The molecule has 0 spiro atoms. The summed E-state index contributed by atoms with van der Waals surface area (Å²) in [6, 6.07) is 28.0. The van der Waals surface area contributed by atoms with Gasteiger partial charge in [-0.1, -0.05) is 96.2 Å². The van der Waals surface area contributed by atoms with Crippen molar-refractivity contribution in [2.24, 2.45) is 0 Å². The summed E-state index contributed by atoms with van der Waals surface area (Å²) in [5.41, 5.74) is 7.42. The molecule has 1 aliphatic carbocycles. The molecule has 0 saturated carbocycles. The lowest BCUT2D eigenvalue weighted by Gasteiger charge is -2.15. The average molecular weight is 513 g/mol. The van der Waals surface area contributed by atoms with E-state index in [1.54, 1.807) is 6.07 Å². The molecule has 0 radical (unpaired) electrons. The fourth-order valence-electron chi connectivity index (χ4n) is 4.81. The predicted octanol–water partition coefficient (Wildman–Crippen LogP) is 7.90. The highest BCUT2D eigenvalue weighted by atomic mass is 35.5. The minimum absolute atomic E-state index is 0.0423. The van der Waals surface area contributed by atoms with Crippen molar-refractivity contribution >= 4 is 35.6 Å². The van der Waals surface area contributed by atoms with E-state index in [2.05, 4.69) is 30.3 Å². The van der Waals surface area contributed by atoms with Crippen LogP contribution in [0.3, 0.4) is 0 Å². The Morgan fingerprint density at radius 2 is 1.58 bits per heavy atom. The number of hydrogen-bond donors (Lipinski definition) is 0. The lowest BCUT2D eigenvalue weighted by Crippen LogP contribution is -2.13. The number of carbonyl (C=O) groups excluding carboxylic acids is 2. The summed E-state index contributed by atoms with van der Waals surface area (Å²) in [6.07, 6.45) is 1.60.